The Morgan fingerprint density at radius 1 is 1.50 bits per heavy atom. The largest absolute Gasteiger partial charge is 0.373 e. The first-order chi connectivity index (χ1) is 8.49. The van der Waals surface area contributed by atoms with E-state index in [9.17, 15) is 13.6 Å². The van der Waals surface area contributed by atoms with Crippen molar-refractivity contribution in [2.24, 2.45) is 0 Å². The Labute approximate surface area is 112 Å². The molecule has 1 fully saturated rings. The van der Waals surface area contributed by atoms with Crippen LogP contribution < -0.4 is 5.32 Å². The second-order valence-electron chi connectivity index (χ2n) is 4.33. The maximum atomic E-state index is 13.5. The number of nitrogens with zero attached hydrogens (tertiary/aromatic N) is 1. The Balaban J connectivity index is 1.99. The second kappa shape index (κ2) is 5.22. The highest BCUT2D eigenvalue weighted by Gasteiger charge is 2.29. The first-order valence-electron chi connectivity index (χ1n) is 5.63. The van der Waals surface area contributed by atoms with Gasteiger partial charge in [0.2, 0.25) is 5.91 Å². The lowest BCUT2D eigenvalue weighted by Gasteiger charge is -2.17. The Morgan fingerprint density at radius 3 is 2.72 bits per heavy atom. The van der Waals surface area contributed by atoms with Crippen molar-refractivity contribution in [3.8, 4) is 0 Å². The van der Waals surface area contributed by atoms with Crippen molar-refractivity contribution in [1.29, 1.82) is 0 Å². The zero-order chi connectivity index (χ0) is 13.3. The highest BCUT2D eigenvalue weighted by Crippen LogP contribution is 2.28. The number of amides is 1. The summed E-state index contributed by atoms with van der Waals surface area (Å²) in [4.78, 5) is 13.4. The second-order valence-corrected chi connectivity index (χ2v) is 5.19. The average molecular weight is 319 g/mol. The van der Waals surface area contributed by atoms with Crippen LogP contribution in [0.1, 0.15) is 12.8 Å². The highest BCUT2D eigenvalue weighted by molar-refractivity contribution is 9.10. The number of hydrogen-bond donors (Lipinski definition) is 1. The molecule has 1 N–H and O–H groups in total. The minimum absolute atomic E-state index is 0.00580. The van der Waals surface area contributed by atoms with Crippen molar-refractivity contribution in [3.63, 3.8) is 0 Å². The minimum Gasteiger partial charge on any atom is -0.373 e. The fraction of sp³-hybridized carbons (Fsp3) is 0.417. The molecule has 1 aromatic carbocycles. The highest BCUT2D eigenvalue weighted by atomic mass is 79.9. The van der Waals surface area contributed by atoms with Gasteiger partial charge in [-0.15, -0.1) is 0 Å². The van der Waals surface area contributed by atoms with Crippen LogP contribution in [0.25, 0.3) is 0 Å². The molecule has 1 amide bonds. The number of halogens is 3. The SMILES string of the molecule is CN(C(=O)CNc1c(F)cc(F)cc1Br)C1CC1. The molecule has 1 aliphatic rings. The molecule has 0 atom stereocenters. The molecule has 0 spiro atoms. The third kappa shape index (κ3) is 2.98. The van der Waals surface area contributed by atoms with Crippen LogP contribution >= 0.6 is 15.9 Å². The number of benzene rings is 1. The summed E-state index contributed by atoms with van der Waals surface area (Å²) in [5.41, 5.74) is 0.106. The molecule has 3 nitrogen and oxygen atoms in total. The van der Waals surface area contributed by atoms with Crippen LogP contribution in [0.2, 0.25) is 0 Å². The summed E-state index contributed by atoms with van der Waals surface area (Å²) in [7, 11) is 1.73. The maximum absolute atomic E-state index is 13.5. The molecule has 0 aromatic heterocycles. The van der Waals surface area contributed by atoms with Crippen molar-refractivity contribution < 1.29 is 13.6 Å². The van der Waals surface area contributed by atoms with Crippen molar-refractivity contribution in [2.75, 3.05) is 18.9 Å². The molecule has 0 radical (unpaired) electrons. The summed E-state index contributed by atoms with van der Waals surface area (Å²) >= 11 is 3.06. The number of anilines is 1. The fourth-order valence-corrected chi connectivity index (χ4v) is 2.21. The zero-order valence-corrected chi connectivity index (χ0v) is 11.4. The molecule has 0 aliphatic heterocycles. The number of nitrogens with one attached hydrogen (secondary N) is 1. The van der Waals surface area contributed by atoms with Gasteiger partial charge in [-0.1, -0.05) is 0 Å². The predicted octanol–water partition coefficient (Wildman–Crippen LogP) is 2.76. The lowest BCUT2D eigenvalue weighted by atomic mass is 10.3. The Bertz CT molecular complexity index is 454. The van der Waals surface area contributed by atoms with Crippen LogP contribution in [0, 0.1) is 11.6 Å². The number of rotatable bonds is 4. The number of carbonyl (C=O) groups is 1. The van der Waals surface area contributed by atoms with Gasteiger partial charge in [-0.2, -0.15) is 0 Å². The number of carbonyl (C=O) groups excluding carboxylic acids is 1. The molecule has 0 unspecified atom stereocenters. The van der Waals surface area contributed by atoms with E-state index in [1.165, 1.54) is 0 Å². The van der Waals surface area contributed by atoms with Crippen LogP contribution in [-0.4, -0.2) is 30.4 Å². The van der Waals surface area contributed by atoms with E-state index in [0.29, 0.717) is 6.04 Å². The molecule has 1 saturated carbocycles. The van der Waals surface area contributed by atoms with Crippen LogP contribution in [0.5, 0.6) is 0 Å². The number of hydrogen-bond acceptors (Lipinski definition) is 2. The van der Waals surface area contributed by atoms with Gasteiger partial charge in [-0.3, -0.25) is 4.79 Å². The molecule has 0 heterocycles. The molecule has 1 aromatic rings. The van der Waals surface area contributed by atoms with Gasteiger partial charge in [0.25, 0.3) is 0 Å². The fourth-order valence-electron chi connectivity index (χ4n) is 1.67. The van der Waals surface area contributed by atoms with Crippen molar-refractivity contribution in [1.82, 2.24) is 4.90 Å². The average Bonchev–Trinajstić information content (AvgIpc) is 3.09. The summed E-state index contributed by atoms with van der Waals surface area (Å²) in [6, 6.07) is 2.25. The van der Waals surface area contributed by atoms with Crippen LogP contribution in [0.4, 0.5) is 14.5 Å². The molecular formula is C12H13BrF2N2O. The normalized spacial score (nSPS) is 14.4. The molecular weight excluding hydrogens is 306 g/mol. The van der Waals surface area contributed by atoms with Gasteiger partial charge >= 0.3 is 0 Å². The molecule has 6 heteroatoms. The van der Waals surface area contributed by atoms with E-state index in [-0.39, 0.29) is 22.6 Å². The maximum Gasteiger partial charge on any atom is 0.241 e. The first-order valence-corrected chi connectivity index (χ1v) is 6.42. The molecule has 98 valence electrons. The van der Waals surface area contributed by atoms with Gasteiger partial charge in [0, 0.05) is 23.6 Å². The predicted molar refractivity (Wildman–Crippen MR) is 68.3 cm³/mol. The quantitative estimate of drug-likeness (QED) is 0.925. The zero-order valence-electron chi connectivity index (χ0n) is 9.84. The minimum atomic E-state index is -0.719. The van der Waals surface area contributed by atoms with Crippen LogP contribution in [0.3, 0.4) is 0 Å². The summed E-state index contributed by atoms with van der Waals surface area (Å²) in [6.45, 7) is -0.00580. The van der Waals surface area contributed by atoms with Gasteiger partial charge < -0.3 is 10.2 Å². The van der Waals surface area contributed by atoms with Gasteiger partial charge in [0.1, 0.15) is 11.6 Å². The van der Waals surface area contributed by atoms with Gasteiger partial charge in [-0.25, -0.2) is 8.78 Å². The topological polar surface area (TPSA) is 32.3 Å². The Kier molecular flexibility index (Phi) is 3.85. The molecule has 0 bridgehead atoms. The van der Waals surface area contributed by atoms with Crippen molar-refractivity contribution in [3.05, 3.63) is 28.2 Å². The molecule has 18 heavy (non-hydrogen) atoms. The number of likely N-dealkylation sites (N-methyl/N-ethyl adjacent to an activating group) is 1. The monoisotopic (exact) mass is 318 g/mol. The summed E-state index contributed by atoms with van der Waals surface area (Å²) in [5, 5.41) is 2.69. The molecule has 0 saturated heterocycles. The molecule has 1 aliphatic carbocycles. The lowest BCUT2D eigenvalue weighted by Crippen LogP contribution is -2.34. The van der Waals surface area contributed by atoms with E-state index < -0.39 is 11.6 Å². The van der Waals surface area contributed by atoms with Crippen LogP contribution in [0.15, 0.2) is 16.6 Å². The smallest absolute Gasteiger partial charge is 0.241 e. The third-order valence-corrected chi connectivity index (χ3v) is 3.54. The first kappa shape index (κ1) is 13.3. The van der Waals surface area contributed by atoms with E-state index in [1.54, 1.807) is 11.9 Å². The Morgan fingerprint density at radius 2 is 2.17 bits per heavy atom. The van der Waals surface area contributed by atoms with E-state index in [0.717, 1.165) is 25.0 Å². The van der Waals surface area contributed by atoms with Gasteiger partial charge in [0.15, 0.2) is 0 Å². The Hall–Kier alpha value is -1.17. The third-order valence-electron chi connectivity index (χ3n) is 2.91. The van der Waals surface area contributed by atoms with E-state index in [2.05, 4.69) is 21.2 Å². The van der Waals surface area contributed by atoms with E-state index in [4.69, 9.17) is 0 Å². The van der Waals surface area contributed by atoms with Crippen molar-refractivity contribution in [2.45, 2.75) is 18.9 Å². The van der Waals surface area contributed by atoms with Gasteiger partial charge in [0.05, 0.1) is 12.2 Å². The van der Waals surface area contributed by atoms with Crippen molar-refractivity contribution >= 4 is 27.5 Å². The van der Waals surface area contributed by atoms with E-state index in [1.807, 2.05) is 0 Å². The van der Waals surface area contributed by atoms with Crippen LogP contribution in [-0.2, 0) is 4.79 Å². The summed E-state index contributed by atoms with van der Waals surface area (Å²) < 4.78 is 26.6. The summed E-state index contributed by atoms with van der Waals surface area (Å²) in [6.07, 6.45) is 2.05. The lowest BCUT2D eigenvalue weighted by molar-refractivity contribution is -0.128. The van der Waals surface area contributed by atoms with E-state index >= 15 is 0 Å². The molecule has 2 rings (SSSR count). The standard InChI is InChI=1S/C12H13BrF2N2O/c1-17(8-2-3-8)11(18)6-16-12-9(13)4-7(14)5-10(12)15/h4-5,8,16H,2-3,6H2,1H3. The van der Waals surface area contributed by atoms with Gasteiger partial charge in [-0.05, 0) is 34.8 Å². The summed E-state index contributed by atoms with van der Waals surface area (Å²) in [5.74, 6) is -1.48.